The maximum Gasteiger partial charge on any atom is 0.316 e. The molecule has 0 aliphatic carbocycles. The first-order valence-corrected chi connectivity index (χ1v) is 16.5. The molecule has 0 aromatic heterocycles. The van der Waals surface area contributed by atoms with Crippen LogP contribution in [0.25, 0.3) is 10.8 Å². The van der Waals surface area contributed by atoms with Crippen LogP contribution >= 0.6 is 23.6 Å². The number of hydrogen-bond donors (Lipinski definition) is 4. The van der Waals surface area contributed by atoms with Crippen LogP contribution in [0.15, 0.2) is 111 Å². The highest BCUT2D eigenvalue weighted by atomic mass is 35.5. The Labute approximate surface area is 274 Å². The van der Waals surface area contributed by atoms with Crippen molar-refractivity contribution in [1.29, 1.82) is 0 Å². The molecule has 0 aliphatic rings. The zero-order valence-electron chi connectivity index (χ0n) is 23.4. The zero-order valence-corrected chi connectivity index (χ0v) is 26.6. The molecule has 0 saturated heterocycles. The molecule has 0 heterocycles. The summed E-state index contributed by atoms with van der Waals surface area (Å²) in [6.07, 6.45) is 0. The van der Waals surface area contributed by atoms with Gasteiger partial charge < -0.3 is 14.0 Å². The first-order valence-electron chi connectivity index (χ1n) is 12.9. The number of aryl methyl sites for hydroxylation is 1. The molecule has 0 radical (unpaired) electrons. The van der Waals surface area contributed by atoms with Crippen molar-refractivity contribution in [2.24, 2.45) is 10.2 Å². The van der Waals surface area contributed by atoms with E-state index in [1.807, 2.05) is 13.0 Å². The van der Waals surface area contributed by atoms with Crippen LogP contribution in [0, 0.1) is 6.92 Å². The van der Waals surface area contributed by atoms with Gasteiger partial charge in [-0.15, -0.1) is 14.6 Å². The van der Waals surface area contributed by atoms with Gasteiger partial charge in [0.05, 0.1) is 32.9 Å². The Bertz CT molecular complexity index is 2050. The van der Waals surface area contributed by atoms with Crippen LogP contribution in [0.4, 0.5) is 17.1 Å². The molecule has 0 bridgehead atoms. The van der Waals surface area contributed by atoms with Gasteiger partial charge in [-0.2, -0.15) is 12.6 Å². The number of aromatic hydroxyl groups is 1. The van der Waals surface area contributed by atoms with Crippen molar-refractivity contribution in [2.45, 2.75) is 16.7 Å². The molecule has 5 rings (SSSR count). The predicted molar refractivity (Wildman–Crippen MR) is 172 cm³/mol. The van der Waals surface area contributed by atoms with Crippen molar-refractivity contribution in [3.63, 3.8) is 0 Å². The molecule has 46 heavy (non-hydrogen) atoms. The predicted octanol–water partition coefficient (Wildman–Crippen LogP) is 8.46. The number of azo groups is 1. The summed E-state index contributed by atoms with van der Waals surface area (Å²) in [7, 11) is -4.78. The standard InChI is InChI=1S/C29H22ClN3O10S3/c1-17-7-10-21(11-8-17)41-45(36)33-24-16-22(46(37,38)39)13-18-14-26(44-43-42-35)28(29(34)27(18)24)32-31-23-15-19(30)9-12-25(23)40-20-5-3-2-4-6-20/h2-16,33-35H,1H3,(H,37,38,39). The van der Waals surface area contributed by atoms with Gasteiger partial charge in [-0.1, -0.05) is 52.5 Å². The van der Waals surface area contributed by atoms with Gasteiger partial charge in [0.2, 0.25) is 0 Å². The van der Waals surface area contributed by atoms with Crippen LogP contribution in [-0.4, -0.2) is 27.5 Å². The summed E-state index contributed by atoms with van der Waals surface area (Å²) in [6, 6.07) is 23.4. The summed E-state index contributed by atoms with van der Waals surface area (Å²) in [4.78, 5) is -0.619. The van der Waals surface area contributed by atoms with E-state index < -0.39 is 32.0 Å². The lowest BCUT2D eigenvalue weighted by atomic mass is 10.1. The van der Waals surface area contributed by atoms with E-state index >= 15 is 0 Å². The SMILES string of the molecule is Cc1ccc(OS(=O)Nc2cc(S(=O)(=O)O)cc3cc(SOOO)c(N=Nc4cc(Cl)ccc4Oc4ccccc4)c(O)c23)cc1. The topological polar surface area (TPSA) is 186 Å². The fourth-order valence-electron chi connectivity index (χ4n) is 4.07. The molecule has 0 saturated carbocycles. The summed E-state index contributed by atoms with van der Waals surface area (Å²) < 4.78 is 65.4. The molecule has 4 N–H and O–H groups in total. The van der Waals surface area contributed by atoms with Gasteiger partial charge >= 0.3 is 11.3 Å². The van der Waals surface area contributed by atoms with Crippen molar-refractivity contribution in [3.8, 4) is 23.0 Å². The lowest BCUT2D eigenvalue weighted by molar-refractivity contribution is -0.432. The zero-order chi connectivity index (χ0) is 32.8. The average molecular weight is 704 g/mol. The maximum absolute atomic E-state index is 13.0. The molecule has 17 heteroatoms. The molecular weight excluding hydrogens is 682 g/mol. The summed E-state index contributed by atoms with van der Waals surface area (Å²) >= 11 is 4.29. The number of benzene rings is 5. The first kappa shape index (κ1) is 33.1. The van der Waals surface area contributed by atoms with Gasteiger partial charge in [0.25, 0.3) is 10.1 Å². The van der Waals surface area contributed by atoms with Crippen molar-refractivity contribution in [3.05, 3.63) is 102 Å². The third-order valence-corrected chi connectivity index (χ3v) is 8.53. The number of halogens is 1. The summed E-state index contributed by atoms with van der Waals surface area (Å²) in [5, 5.41) is 32.6. The number of rotatable bonds is 12. The molecule has 13 nitrogen and oxygen atoms in total. The van der Waals surface area contributed by atoms with Crippen molar-refractivity contribution < 1.29 is 45.8 Å². The number of nitrogens with zero attached hydrogens (tertiary/aromatic N) is 2. The van der Waals surface area contributed by atoms with E-state index in [9.17, 15) is 22.3 Å². The molecule has 0 amide bonds. The van der Waals surface area contributed by atoms with Crippen LogP contribution in [0.2, 0.25) is 5.02 Å². The Kier molecular flexibility index (Phi) is 10.4. The van der Waals surface area contributed by atoms with E-state index in [0.717, 1.165) is 17.7 Å². The van der Waals surface area contributed by atoms with Crippen LogP contribution in [0.3, 0.4) is 0 Å². The van der Waals surface area contributed by atoms with Gasteiger partial charge in [0.1, 0.15) is 22.9 Å². The molecule has 0 fully saturated rings. The highest BCUT2D eigenvalue weighted by Crippen LogP contribution is 2.48. The smallest absolute Gasteiger partial charge is 0.316 e. The normalized spacial score (nSPS) is 12.3. The molecule has 1 unspecified atom stereocenters. The maximum atomic E-state index is 13.0. The van der Waals surface area contributed by atoms with Gasteiger partial charge in [-0.25, -0.2) is 5.26 Å². The molecule has 5 aromatic carbocycles. The summed E-state index contributed by atoms with van der Waals surface area (Å²) in [6.45, 7) is 1.86. The first-order chi connectivity index (χ1) is 22.0. The number of phenols is 1. The molecule has 238 valence electrons. The van der Waals surface area contributed by atoms with Gasteiger partial charge in [-0.05, 0) is 73.0 Å². The number of ether oxygens (including phenoxy) is 1. The molecule has 0 spiro atoms. The monoisotopic (exact) mass is 703 g/mol. The minimum atomic E-state index is -4.78. The van der Waals surface area contributed by atoms with E-state index in [0.29, 0.717) is 22.8 Å². The van der Waals surface area contributed by atoms with Crippen molar-refractivity contribution in [1.82, 2.24) is 0 Å². The largest absolute Gasteiger partial charge is 0.505 e. The number of nitrogens with one attached hydrogen (secondary N) is 1. The van der Waals surface area contributed by atoms with Gasteiger partial charge in [0, 0.05) is 5.02 Å². The molecule has 0 aliphatic heterocycles. The molecule has 1 atom stereocenters. The fourth-order valence-corrected chi connectivity index (χ4v) is 5.94. The average Bonchev–Trinajstić information content (AvgIpc) is 3.01. The lowest BCUT2D eigenvalue weighted by Crippen LogP contribution is -2.12. The third kappa shape index (κ3) is 8.11. The van der Waals surface area contributed by atoms with Gasteiger partial charge in [-0.3, -0.25) is 9.27 Å². The Morgan fingerprint density at radius 2 is 1.67 bits per heavy atom. The minimum Gasteiger partial charge on any atom is -0.505 e. The number of para-hydroxylation sites is 1. The Balaban J connectivity index is 1.62. The van der Waals surface area contributed by atoms with Crippen LogP contribution in [0.1, 0.15) is 5.56 Å². The second-order valence-corrected chi connectivity index (χ2v) is 12.7. The number of hydrogen-bond acceptors (Lipinski definition) is 12. The molecular formula is C29H22ClN3O10S3. The number of anilines is 1. The Morgan fingerprint density at radius 3 is 2.37 bits per heavy atom. The summed E-state index contributed by atoms with van der Waals surface area (Å²) in [5.74, 6) is 0.424. The molecule has 5 aromatic rings. The van der Waals surface area contributed by atoms with Gasteiger partial charge in [0.15, 0.2) is 11.5 Å². The second-order valence-electron chi connectivity index (χ2n) is 9.30. The number of fused-ring (bicyclic) bond motifs is 1. The Morgan fingerprint density at radius 1 is 0.935 bits per heavy atom. The van der Waals surface area contributed by atoms with Crippen LogP contribution < -0.4 is 13.6 Å². The van der Waals surface area contributed by atoms with Crippen molar-refractivity contribution in [2.75, 3.05) is 4.72 Å². The minimum absolute atomic E-state index is 0.0151. The van der Waals surface area contributed by atoms with Crippen LogP contribution in [-0.2, 0) is 30.8 Å². The van der Waals surface area contributed by atoms with Crippen LogP contribution in [0.5, 0.6) is 23.0 Å². The summed E-state index contributed by atoms with van der Waals surface area (Å²) in [5.41, 5.74) is 0.647. The second kappa shape index (κ2) is 14.4. The van der Waals surface area contributed by atoms with E-state index in [1.54, 1.807) is 60.7 Å². The highest BCUT2D eigenvalue weighted by molar-refractivity contribution is 7.94. The number of phenolic OH excluding ortho intramolecular Hbond substituents is 1. The third-order valence-electron chi connectivity index (χ3n) is 6.11. The van der Waals surface area contributed by atoms with E-state index in [2.05, 4.69) is 24.3 Å². The van der Waals surface area contributed by atoms with Crippen molar-refractivity contribution >= 4 is 72.9 Å². The highest BCUT2D eigenvalue weighted by Gasteiger charge is 2.23. The fraction of sp³-hybridized carbons (Fsp3) is 0.0345. The Hall–Kier alpha value is -4.26. The van der Waals surface area contributed by atoms with E-state index in [1.165, 1.54) is 12.1 Å². The van der Waals surface area contributed by atoms with E-state index in [-0.39, 0.29) is 44.2 Å². The van der Waals surface area contributed by atoms with E-state index in [4.69, 9.17) is 25.8 Å². The quantitative estimate of drug-likeness (QED) is 0.0321. The lowest BCUT2D eigenvalue weighted by Gasteiger charge is -2.15.